The number of carbonyl (C=O) groups is 2. The van der Waals surface area contributed by atoms with Crippen molar-refractivity contribution < 1.29 is 23.8 Å². The molecule has 1 saturated carbocycles. The van der Waals surface area contributed by atoms with Gasteiger partial charge in [0.05, 0.1) is 19.3 Å². The minimum Gasteiger partial charge on any atom is -0.505 e. The highest BCUT2D eigenvalue weighted by molar-refractivity contribution is 6.08. The van der Waals surface area contributed by atoms with E-state index in [0.717, 1.165) is 47.8 Å². The van der Waals surface area contributed by atoms with Crippen LogP contribution < -0.4 is 10.1 Å². The van der Waals surface area contributed by atoms with Crippen molar-refractivity contribution in [2.45, 2.75) is 44.7 Å². The number of hydrogen-bond acceptors (Lipinski definition) is 5. The largest absolute Gasteiger partial charge is 0.505 e. The molecular formula is C34H32FN5O4. The first-order valence-corrected chi connectivity index (χ1v) is 14.4. The quantitative estimate of drug-likeness (QED) is 0.0671. The molecule has 0 aliphatic heterocycles. The summed E-state index contributed by atoms with van der Waals surface area (Å²) in [5, 5.41) is 20.2. The van der Waals surface area contributed by atoms with E-state index in [2.05, 4.69) is 15.3 Å². The number of aliphatic hydroxyl groups is 1. The van der Waals surface area contributed by atoms with Crippen molar-refractivity contribution in [2.75, 3.05) is 7.11 Å². The van der Waals surface area contributed by atoms with Crippen molar-refractivity contribution >= 4 is 34.0 Å². The third-order valence-corrected chi connectivity index (χ3v) is 7.76. The normalized spacial score (nSPS) is 13.9. The second-order valence-electron chi connectivity index (χ2n) is 10.7. The Balaban J connectivity index is 1.68. The van der Waals surface area contributed by atoms with Gasteiger partial charge in [0.25, 0.3) is 11.8 Å². The van der Waals surface area contributed by atoms with Gasteiger partial charge in [0, 0.05) is 22.1 Å². The zero-order valence-electron chi connectivity index (χ0n) is 24.2. The van der Waals surface area contributed by atoms with Crippen LogP contribution in [0.3, 0.4) is 0 Å². The molecule has 0 spiro atoms. The number of nitrogens with one attached hydrogen (secondary N) is 1. The summed E-state index contributed by atoms with van der Waals surface area (Å²) in [5.74, 6) is -1.49. The fourth-order valence-electron chi connectivity index (χ4n) is 5.45. The highest BCUT2D eigenvalue weighted by Crippen LogP contribution is 2.30. The number of aliphatic hydroxyl groups excluding tert-OH is 1. The summed E-state index contributed by atoms with van der Waals surface area (Å²) in [5.41, 5.74) is 9.80. The Morgan fingerprint density at radius 3 is 2.43 bits per heavy atom. The number of halogens is 1. The van der Waals surface area contributed by atoms with Crippen molar-refractivity contribution in [3.8, 4) is 5.75 Å². The van der Waals surface area contributed by atoms with Crippen molar-refractivity contribution in [2.24, 2.45) is 5.11 Å². The fourth-order valence-corrected chi connectivity index (χ4v) is 5.45. The number of methoxy groups -OCH3 is 1. The molecule has 1 fully saturated rings. The van der Waals surface area contributed by atoms with Crippen molar-refractivity contribution in [3.63, 3.8) is 0 Å². The molecule has 5 rings (SSSR count). The number of benzene rings is 4. The molecule has 0 heterocycles. The van der Waals surface area contributed by atoms with E-state index in [4.69, 9.17) is 10.3 Å². The molecule has 4 aromatic rings. The van der Waals surface area contributed by atoms with E-state index in [-0.39, 0.29) is 29.5 Å². The number of amides is 2. The molecule has 1 aliphatic carbocycles. The number of carbonyl (C=O) groups excluding carboxylic acids is 2. The smallest absolute Gasteiger partial charge is 0.272 e. The molecule has 0 bridgehead atoms. The van der Waals surface area contributed by atoms with Crippen LogP contribution in [-0.2, 0) is 11.3 Å². The minimum absolute atomic E-state index is 0.0359. The second-order valence-corrected chi connectivity index (χ2v) is 10.7. The molecule has 2 N–H and O–H groups in total. The summed E-state index contributed by atoms with van der Waals surface area (Å²) < 4.78 is 19.1. The zero-order chi connectivity index (χ0) is 31.1. The Morgan fingerprint density at radius 1 is 1.00 bits per heavy atom. The average molecular weight is 594 g/mol. The summed E-state index contributed by atoms with van der Waals surface area (Å²) in [4.78, 5) is 32.4. The Hall–Kier alpha value is -5.34. The molecule has 0 saturated heterocycles. The third kappa shape index (κ3) is 6.82. The topological polar surface area (TPSA) is 128 Å². The van der Waals surface area contributed by atoms with E-state index in [1.165, 1.54) is 36.4 Å². The van der Waals surface area contributed by atoms with Gasteiger partial charge in [-0.1, -0.05) is 72.9 Å². The van der Waals surface area contributed by atoms with Gasteiger partial charge in [-0.2, -0.15) is 0 Å². The lowest BCUT2D eigenvalue weighted by atomic mass is 9.95. The van der Waals surface area contributed by atoms with Crippen LogP contribution in [0.5, 0.6) is 5.75 Å². The molecule has 9 nitrogen and oxygen atoms in total. The molecule has 224 valence electrons. The van der Waals surface area contributed by atoms with Crippen LogP contribution in [0.15, 0.2) is 95.7 Å². The predicted molar refractivity (Wildman–Crippen MR) is 167 cm³/mol. The molecule has 44 heavy (non-hydrogen) atoms. The van der Waals surface area contributed by atoms with Crippen LogP contribution in [0.2, 0.25) is 0 Å². The van der Waals surface area contributed by atoms with E-state index < -0.39 is 23.4 Å². The third-order valence-electron chi connectivity index (χ3n) is 7.76. The SMILES string of the molecule is COc1ccc2cc(/C(O)=C(/C(=O)NC3CCCCC3)N(Cc3ccc(F)cc3)C(=O)c3ccccc3N=[N+]=[N-])ccc2c1. The summed E-state index contributed by atoms with van der Waals surface area (Å²) in [6.45, 7) is -0.175. The van der Waals surface area contributed by atoms with Crippen LogP contribution in [0.1, 0.15) is 53.6 Å². The van der Waals surface area contributed by atoms with Gasteiger partial charge >= 0.3 is 0 Å². The highest BCUT2D eigenvalue weighted by atomic mass is 19.1. The maximum atomic E-state index is 14.3. The molecule has 0 unspecified atom stereocenters. The van der Waals surface area contributed by atoms with E-state index >= 15 is 0 Å². The first-order valence-electron chi connectivity index (χ1n) is 14.4. The Labute approximate surface area is 254 Å². The van der Waals surface area contributed by atoms with E-state index in [1.807, 2.05) is 12.1 Å². The lowest BCUT2D eigenvalue weighted by Gasteiger charge is -2.29. The Morgan fingerprint density at radius 2 is 1.70 bits per heavy atom. The molecular weight excluding hydrogens is 561 g/mol. The number of ether oxygens (including phenoxy) is 1. The molecule has 0 atom stereocenters. The van der Waals surface area contributed by atoms with Crippen molar-refractivity contribution in [3.05, 3.63) is 124 Å². The molecule has 4 aromatic carbocycles. The highest BCUT2D eigenvalue weighted by Gasteiger charge is 2.32. The van der Waals surface area contributed by atoms with Gasteiger partial charge in [-0.15, -0.1) is 0 Å². The van der Waals surface area contributed by atoms with Crippen LogP contribution >= 0.6 is 0 Å². The summed E-state index contributed by atoms with van der Waals surface area (Å²) >= 11 is 0. The van der Waals surface area contributed by atoms with Crippen LogP contribution in [0.4, 0.5) is 10.1 Å². The molecule has 10 heteroatoms. The van der Waals surface area contributed by atoms with Crippen LogP contribution in [0.25, 0.3) is 27.0 Å². The number of fused-ring (bicyclic) bond motifs is 1. The van der Waals surface area contributed by atoms with E-state index in [1.54, 1.807) is 43.5 Å². The molecule has 0 radical (unpaired) electrons. The number of hydrogen-bond donors (Lipinski definition) is 2. The van der Waals surface area contributed by atoms with E-state index in [0.29, 0.717) is 16.9 Å². The van der Waals surface area contributed by atoms with Gasteiger partial charge in [-0.05, 0) is 71.1 Å². The second kappa shape index (κ2) is 13.8. The molecule has 0 aromatic heterocycles. The maximum Gasteiger partial charge on any atom is 0.272 e. The zero-order valence-corrected chi connectivity index (χ0v) is 24.2. The van der Waals surface area contributed by atoms with Crippen LogP contribution in [-0.4, -0.2) is 35.0 Å². The lowest BCUT2D eigenvalue weighted by molar-refractivity contribution is -0.119. The summed E-state index contributed by atoms with van der Waals surface area (Å²) in [7, 11) is 1.58. The Bertz CT molecular complexity index is 1760. The number of rotatable bonds is 9. The van der Waals surface area contributed by atoms with Crippen molar-refractivity contribution in [1.82, 2.24) is 10.2 Å². The Kier molecular flexibility index (Phi) is 9.42. The monoisotopic (exact) mass is 593 g/mol. The standard InChI is InChI=1S/C34H32FN5O4/c1-44-28-18-15-23-19-25(14-13-24(23)20-28)32(41)31(33(42)37-27-7-3-2-4-8-27)40(21-22-11-16-26(35)17-12-22)34(43)29-9-5-6-10-30(29)38-39-36/h5-6,9-20,27,41H,2-4,7-8,21H2,1H3,(H,37,42)/b32-31+. The summed E-state index contributed by atoms with van der Waals surface area (Å²) in [6, 6.07) is 22.3. The van der Waals surface area contributed by atoms with Crippen LogP contribution in [0, 0.1) is 5.82 Å². The predicted octanol–water partition coefficient (Wildman–Crippen LogP) is 7.95. The first kappa shape index (κ1) is 30.1. The van der Waals surface area contributed by atoms with Gasteiger partial charge in [-0.3, -0.25) is 14.5 Å². The fraction of sp³-hybridized carbons (Fsp3) is 0.235. The summed E-state index contributed by atoms with van der Waals surface area (Å²) in [6.07, 6.45) is 4.56. The molecule has 2 amide bonds. The first-order chi connectivity index (χ1) is 21.4. The van der Waals surface area contributed by atoms with Gasteiger partial charge < -0.3 is 15.2 Å². The van der Waals surface area contributed by atoms with Gasteiger partial charge in [0.2, 0.25) is 0 Å². The minimum atomic E-state index is -0.678. The lowest BCUT2D eigenvalue weighted by Crippen LogP contribution is -2.43. The average Bonchev–Trinajstić information content (AvgIpc) is 3.05. The van der Waals surface area contributed by atoms with E-state index in [9.17, 15) is 19.1 Å². The van der Waals surface area contributed by atoms with Gasteiger partial charge in [0.15, 0.2) is 11.5 Å². The van der Waals surface area contributed by atoms with Gasteiger partial charge in [-0.25, -0.2) is 4.39 Å². The number of nitrogens with zero attached hydrogens (tertiary/aromatic N) is 4. The van der Waals surface area contributed by atoms with Gasteiger partial charge in [0.1, 0.15) is 11.6 Å². The maximum absolute atomic E-state index is 14.3. The number of azide groups is 1. The van der Waals surface area contributed by atoms with Crippen molar-refractivity contribution in [1.29, 1.82) is 0 Å². The molecule has 1 aliphatic rings.